The second kappa shape index (κ2) is 6.32. The zero-order valence-corrected chi connectivity index (χ0v) is 9.75. The number of halogens is 4. The topological polar surface area (TPSA) is 26.0 Å². The lowest BCUT2D eigenvalue weighted by atomic mass is 10.1. The largest absolute Gasteiger partial charge is 0.324 e. The summed E-state index contributed by atoms with van der Waals surface area (Å²) in [5.41, 5.74) is 6.40. The molecule has 0 aliphatic rings. The third kappa shape index (κ3) is 3.52. The SMILES string of the molecule is Cl.N[C@H](CCF)c1ccc(F)cc1Br. The number of benzene rings is 1. The molecule has 1 atom stereocenters. The highest BCUT2D eigenvalue weighted by Crippen LogP contribution is 2.24. The van der Waals surface area contributed by atoms with Crippen molar-refractivity contribution in [2.45, 2.75) is 12.5 Å². The van der Waals surface area contributed by atoms with Gasteiger partial charge in [-0.3, -0.25) is 4.39 Å². The minimum absolute atomic E-state index is 0. The number of alkyl halides is 1. The zero-order chi connectivity index (χ0) is 9.84. The molecule has 0 unspecified atom stereocenters. The Labute approximate surface area is 96.2 Å². The highest BCUT2D eigenvalue weighted by Gasteiger charge is 2.09. The minimum atomic E-state index is -0.467. The van der Waals surface area contributed by atoms with Gasteiger partial charge in [0, 0.05) is 10.5 Å². The third-order valence-electron chi connectivity index (χ3n) is 1.78. The molecule has 0 heterocycles. The standard InChI is InChI=1S/C9H10BrF2N.ClH/c10-8-5-6(12)1-2-7(8)9(13)3-4-11;/h1-2,5,9H,3-4,13H2;1H/t9-;/m1./s1. The van der Waals surface area contributed by atoms with Crippen LogP contribution in [0.15, 0.2) is 22.7 Å². The fraction of sp³-hybridized carbons (Fsp3) is 0.333. The molecule has 14 heavy (non-hydrogen) atoms. The van der Waals surface area contributed by atoms with Gasteiger partial charge < -0.3 is 5.73 Å². The van der Waals surface area contributed by atoms with Crippen LogP contribution in [0.2, 0.25) is 0 Å². The number of nitrogens with two attached hydrogens (primary N) is 1. The molecule has 2 N–H and O–H groups in total. The van der Waals surface area contributed by atoms with Gasteiger partial charge in [0.2, 0.25) is 0 Å². The van der Waals surface area contributed by atoms with Crippen LogP contribution in [0.5, 0.6) is 0 Å². The summed E-state index contributed by atoms with van der Waals surface area (Å²) in [6, 6.07) is 3.84. The summed E-state index contributed by atoms with van der Waals surface area (Å²) in [4.78, 5) is 0. The zero-order valence-electron chi connectivity index (χ0n) is 7.34. The van der Waals surface area contributed by atoms with Gasteiger partial charge in [0.05, 0.1) is 6.67 Å². The van der Waals surface area contributed by atoms with Gasteiger partial charge in [-0.1, -0.05) is 22.0 Å². The van der Waals surface area contributed by atoms with Crippen LogP contribution in [-0.4, -0.2) is 6.67 Å². The molecule has 0 spiro atoms. The maximum Gasteiger partial charge on any atom is 0.124 e. The molecule has 0 saturated carbocycles. The van der Waals surface area contributed by atoms with Gasteiger partial charge in [-0.15, -0.1) is 12.4 Å². The Morgan fingerprint density at radius 3 is 2.57 bits per heavy atom. The van der Waals surface area contributed by atoms with E-state index in [9.17, 15) is 8.78 Å². The average Bonchev–Trinajstić information content (AvgIpc) is 2.04. The van der Waals surface area contributed by atoms with E-state index in [0.717, 1.165) is 5.56 Å². The van der Waals surface area contributed by atoms with Crippen LogP contribution in [0.4, 0.5) is 8.78 Å². The molecule has 0 aliphatic carbocycles. The van der Waals surface area contributed by atoms with Crippen LogP contribution in [-0.2, 0) is 0 Å². The second-order valence-corrected chi connectivity index (χ2v) is 3.60. The predicted octanol–water partition coefficient (Wildman–Crippen LogP) is 3.37. The Morgan fingerprint density at radius 2 is 2.07 bits per heavy atom. The van der Waals surface area contributed by atoms with Crippen LogP contribution < -0.4 is 5.73 Å². The minimum Gasteiger partial charge on any atom is -0.324 e. The van der Waals surface area contributed by atoms with Crippen molar-refractivity contribution in [2.24, 2.45) is 5.73 Å². The molecule has 0 saturated heterocycles. The van der Waals surface area contributed by atoms with Gasteiger partial charge in [0.15, 0.2) is 0 Å². The van der Waals surface area contributed by atoms with E-state index >= 15 is 0 Å². The summed E-state index contributed by atoms with van der Waals surface area (Å²) in [5, 5.41) is 0. The summed E-state index contributed by atoms with van der Waals surface area (Å²) < 4.78 is 25.2. The molecular formula is C9H11BrClF2N. The van der Waals surface area contributed by atoms with Crippen LogP contribution >= 0.6 is 28.3 Å². The molecule has 1 rings (SSSR count). The maximum atomic E-state index is 12.7. The van der Waals surface area contributed by atoms with E-state index in [2.05, 4.69) is 15.9 Å². The van der Waals surface area contributed by atoms with Crippen molar-refractivity contribution in [3.05, 3.63) is 34.1 Å². The molecule has 0 bridgehead atoms. The molecule has 1 aromatic carbocycles. The van der Waals surface area contributed by atoms with E-state index in [-0.39, 0.29) is 30.7 Å². The average molecular weight is 287 g/mol. The first-order valence-corrected chi connectivity index (χ1v) is 4.71. The fourth-order valence-electron chi connectivity index (χ4n) is 1.08. The summed E-state index contributed by atoms with van der Waals surface area (Å²) in [6.45, 7) is -0.467. The van der Waals surface area contributed by atoms with Gasteiger partial charge in [-0.2, -0.15) is 0 Å². The normalized spacial score (nSPS) is 12.0. The lowest BCUT2D eigenvalue weighted by Gasteiger charge is -2.11. The third-order valence-corrected chi connectivity index (χ3v) is 2.47. The molecule has 0 aromatic heterocycles. The van der Waals surface area contributed by atoms with Crippen LogP contribution in [0.25, 0.3) is 0 Å². The van der Waals surface area contributed by atoms with Crippen LogP contribution in [0, 0.1) is 5.82 Å². The van der Waals surface area contributed by atoms with Crippen LogP contribution in [0.3, 0.4) is 0 Å². The Hall–Kier alpha value is -0.190. The van der Waals surface area contributed by atoms with Gasteiger partial charge >= 0.3 is 0 Å². The number of hydrogen-bond donors (Lipinski definition) is 1. The van der Waals surface area contributed by atoms with Crippen LogP contribution in [0.1, 0.15) is 18.0 Å². The first-order chi connectivity index (χ1) is 6.15. The first-order valence-electron chi connectivity index (χ1n) is 3.91. The van der Waals surface area contributed by atoms with Gasteiger partial charge in [0.1, 0.15) is 5.82 Å². The molecule has 0 fully saturated rings. The molecule has 1 aromatic rings. The van der Waals surface area contributed by atoms with Crippen molar-refractivity contribution in [3.63, 3.8) is 0 Å². The van der Waals surface area contributed by atoms with E-state index in [0.29, 0.717) is 4.47 Å². The lowest BCUT2D eigenvalue weighted by Crippen LogP contribution is -2.11. The summed E-state index contributed by atoms with van der Waals surface area (Å²) in [7, 11) is 0. The second-order valence-electron chi connectivity index (χ2n) is 2.75. The Morgan fingerprint density at radius 1 is 1.43 bits per heavy atom. The smallest absolute Gasteiger partial charge is 0.124 e. The van der Waals surface area contributed by atoms with Crippen molar-refractivity contribution in [1.29, 1.82) is 0 Å². The predicted molar refractivity (Wildman–Crippen MR) is 58.9 cm³/mol. The molecule has 0 radical (unpaired) electrons. The van der Waals surface area contributed by atoms with E-state index < -0.39 is 6.67 Å². The number of hydrogen-bond acceptors (Lipinski definition) is 1. The quantitative estimate of drug-likeness (QED) is 0.906. The fourth-order valence-corrected chi connectivity index (χ4v) is 1.72. The summed E-state index contributed by atoms with van der Waals surface area (Å²) in [6.07, 6.45) is 0.254. The molecule has 0 aliphatic heterocycles. The van der Waals surface area contributed by atoms with E-state index in [4.69, 9.17) is 5.73 Å². The first kappa shape index (κ1) is 13.8. The van der Waals surface area contributed by atoms with Crippen molar-refractivity contribution < 1.29 is 8.78 Å². The summed E-state index contributed by atoms with van der Waals surface area (Å²) in [5.74, 6) is -0.330. The van der Waals surface area contributed by atoms with Crippen molar-refractivity contribution in [2.75, 3.05) is 6.67 Å². The van der Waals surface area contributed by atoms with E-state index in [1.807, 2.05) is 0 Å². The molecule has 5 heteroatoms. The van der Waals surface area contributed by atoms with E-state index in [1.165, 1.54) is 12.1 Å². The highest BCUT2D eigenvalue weighted by molar-refractivity contribution is 9.10. The lowest BCUT2D eigenvalue weighted by molar-refractivity contribution is 0.441. The number of rotatable bonds is 3. The van der Waals surface area contributed by atoms with Crippen molar-refractivity contribution in [1.82, 2.24) is 0 Å². The van der Waals surface area contributed by atoms with Gasteiger partial charge in [-0.05, 0) is 24.1 Å². The molecule has 0 amide bonds. The van der Waals surface area contributed by atoms with E-state index in [1.54, 1.807) is 6.07 Å². The van der Waals surface area contributed by atoms with Gasteiger partial charge in [-0.25, -0.2) is 4.39 Å². The van der Waals surface area contributed by atoms with Crippen molar-refractivity contribution in [3.8, 4) is 0 Å². The maximum absolute atomic E-state index is 12.7. The summed E-state index contributed by atoms with van der Waals surface area (Å²) >= 11 is 3.18. The Bertz CT molecular complexity index is 296. The Balaban J connectivity index is 0.00000169. The van der Waals surface area contributed by atoms with Gasteiger partial charge in [0.25, 0.3) is 0 Å². The van der Waals surface area contributed by atoms with Crippen molar-refractivity contribution >= 4 is 28.3 Å². The monoisotopic (exact) mass is 285 g/mol. The Kier molecular flexibility index (Phi) is 6.24. The molecule has 80 valence electrons. The molecule has 1 nitrogen and oxygen atoms in total. The molecular weight excluding hydrogens is 275 g/mol. The highest BCUT2D eigenvalue weighted by atomic mass is 79.9.